The molecule has 0 spiro atoms. The van der Waals surface area contributed by atoms with E-state index in [0.717, 1.165) is 22.7 Å². The first-order valence-electron chi connectivity index (χ1n) is 17.9. The normalized spacial score (nSPS) is 26.3. The fourth-order valence-corrected chi connectivity index (χ4v) is 8.25. The van der Waals surface area contributed by atoms with Gasteiger partial charge in [0.25, 0.3) is 15.9 Å². The largest absolute Gasteiger partial charge is 0.337 e. The van der Waals surface area contributed by atoms with Gasteiger partial charge in [-0.2, -0.15) is 0 Å². The molecule has 1 aromatic rings. The molecule has 1 aliphatic heterocycles. The van der Waals surface area contributed by atoms with Crippen LogP contribution in [-0.4, -0.2) is 61.2 Å². The molecule has 5 amide bonds. The van der Waals surface area contributed by atoms with Crippen LogP contribution in [0.1, 0.15) is 115 Å². The second-order valence-electron chi connectivity index (χ2n) is 15.0. The van der Waals surface area contributed by atoms with Crippen LogP contribution in [0.4, 0.5) is 9.59 Å². The molecule has 2 unspecified atom stereocenters. The van der Waals surface area contributed by atoms with Crippen LogP contribution in [0.5, 0.6) is 0 Å². The number of hydrogen-bond acceptors (Lipinski definition) is 5. The highest BCUT2D eigenvalue weighted by molar-refractivity contribution is 7.89. The zero-order chi connectivity index (χ0) is 37.8. The third-order valence-electron chi connectivity index (χ3n) is 10.8. The Kier molecular flexibility index (Phi) is 9.83. The molecule has 46 heavy (non-hydrogen) atoms. The zero-order valence-corrected chi connectivity index (χ0v) is 31.0. The van der Waals surface area contributed by atoms with Crippen LogP contribution in [0.3, 0.4) is 0 Å². The number of benzene rings is 1. The van der Waals surface area contributed by atoms with Crippen molar-refractivity contribution in [3.8, 4) is 0 Å². The molecule has 1 saturated carbocycles. The Bertz CT molecular complexity index is 1610. The van der Waals surface area contributed by atoms with Crippen molar-refractivity contribution in [1.29, 1.82) is 0 Å². The number of hydrogen-bond donors (Lipinski definition) is 2. The quantitative estimate of drug-likeness (QED) is 0.292. The van der Waals surface area contributed by atoms with Gasteiger partial charge in [-0.3, -0.25) is 9.69 Å². The van der Waals surface area contributed by atoms with Gasteiger partial charge in [-0.15, -0.1) is 0 Å². The topological polar surface area (TPSA) is 116 Å². The standard InChI is InChI=1S/C36H58N4O5S/c1-21(2)16-29-30(22(3)4)20-40(32(29)41)33(42)37-19-26(8)31-24(6)17-28(18-25(31)7)46(44,45)39(13)34(43)38-36(12)15-14-23(5)27(9)35(36,10)11/h17-18,21-23,26-27H,14-16,19-20H2,1-13H3,(H,37,42)(H,38,43)/t23-,26?,27?,36-/m1/s1/i20D2,22D. The van der Waals surface area contributed by atoms with Crippen LogP contribution in [0, 0.1) is 42.9 Å². The minimum absolute atomic E-state index is 0.00949. The Morgan fingerprint density at radius 3 is 2.20 bits per heavy atom. The van der Waals surface area contributed by atoms with Crippen molar-refractivity contribution in [3.63, 3.8) is 0 Å². The van der Waals surface area contributed by atoms with Crippen molar-refractivity contribution in [2.75, 3.05) is 20.1 Å². The lowest BCUT2D eigenvalue weighted by atomic mass is 9.56. The van der Waals surface area contributed by atoms with Crippen LogP contribution in [-0.2, 0) is 14.8 Å². The second kappa shape index (κ2) is 13.7. The molecule has 10 heteroatoms. The predicted octanol–water partition coefficient (Wildman–Crippen LogP) is 7.14. The molecule has 3 rings (SSSR count). The molecule has 0 aromatic heterocycles. The van der Waals surface area contributed by atoms with Gasteiger partial charge >= 0.3 is 12.1 Å². The minimum atomic E-state index is -4.21. The smallest absolute Gasteiger partial charge is 0.331 e. The van der Waals surface area contributed by atoms with E-state index in [0.29, 0.717) is 27.9 Å². The summed E-state index contributed by atoms with van der Waals surface area (Å²) in [6, 6.07) is 1.45. The summed E-state index contributed by atoms with van der Waals surface area (Å²) in [5.41, 5.74) is 1.36. The Hall–Kier alpha value is -2.88. The van der Waals surface area contributed by atoms with Gasteiger partial charge in [0.15, 0.2) is 0 Å². The van der Waals surface area contributed by atoms with Gasteiger partial charge in [0.05, 0.1) is 14.1 Å². The van der Waals surface area contributed by atoms with Gasteiger partial charge in [-0.05, 0) is 109 Å². The van der Waals surface area contributed by atoms with E-state index in [-0.39, 0.29) is 46.3 Å². The molecule has 0 bridgehead atoms. The highest BCUT2D eigenvalue weighted by Crippen LogP contribution is 2.50. The molecule has 1 aliphatic carbocycles. The van der Waals surface area contributed by atoms with E-state index in [1.165, 1.54) is 33.0 Å². The lowest BCUT2D eigenvalue weighted by Crippen LogP contribution is -2.63. The van der Waals surface area contributed by atoms with E-state index in [2.05, 4.69) is 38.3 Å². The number of rotatable bonds is 9. The minimum Gasteiger partial charge on any atom is -0.337 e. The Morgan fingerprint density at radius 1 is 1.11 bits per heavy atom. The highest BCUT2D eigenvalue weighted by Gasteiger charge is 2.51. The van der Waals surface area contributed by atoms with Crippen LogP contribution in [0.15, 0.2) is 28.2 Å². The summed E-state index contributed by atoms with van der Waals surface area (Å²) < 4.78 is 54.2. The van der Waals surface area contributed by atoms with Crippen molar-refractivity contribution < 1.29 is 26.9 Å². The molecule has 4 atom stereocenters. The maximum atomic E-state index is 13.7. The summed E-state index contributed by atoms with van der Waals surface area (Å²) in [5, 5.41) is 5.75. The number of amides is 5. The monoisotopic (exact) mass is 661 g/mol. The first-order chi connectivity index (χ1) is 22.1. The molecular formula is C36H58N4O5S. The lowest BCUT2D eigenvalue weighted by molar-refractivity contribution is -0.123. The number of imide groups is 1. The van der Waals surface area contributed by atoms with Gasteiger partial charge < -0.3 is 10.6 Å². The zero-order valence-electron chi connectivity index (χ0n) is 33.1. The summed E-state index contributed by atoms with van der Waals surface area (Å²) in [7, 11) is -2.94. The molecule has 9 nitrogen and oxygen atoms in total. The van der Waals surface area contributed by atoms with Gasteiger partial charge in [-0.1, -0.05) is 62.3 Å². The molecule has 0 saturated heterocycles. The predicted molar refractivity (Wildman–Crippen MR) is 184 cm³/mol. The van der Waals surface area contributed by atoms with Crippen LogP contribution < -0.4 is 10.6 Å². The first-order valence-corrected chi connectivity index (χ1v) is 17.9. The Labute approximate surface area is 282 Å². The SMILES string of the molecule is [2H]C(C)(C)C1=C(CC(C)C)C(=O)N(C(=O)NCC(C)c2c(C)cc(S(=O)(=O)N(C)C(=O)N[C@]3(C)CC[C@@H](C)C(C)C3(C)C)cc2C)C1([2H])[2H]. The van der Waals surface area contributed by atoms with E-state index in [1.54, 1.807) is 13.8 Å². The maximum Gasteiger partial charge on any atom is 0.331 e. The van der Waals surface area contributed by atoms with Crippen LogP contribution in [0.2, 0.25) is 0 Å². The summed E-state index contributed by atoms with van der Waals surface area (Å²) in [6.07, 6.45) is 1.91. The van der Waals surface area contributed by atoms with E-state index in [4.69, 9.17) is 4.11 Å². The summed E-state index contributed by atoms with van der Waals surface area (Å²) >= 11 is 0. The summed E-state index contributed by atoms with van der Waals surface area (Å²) in [6.45, 7) is 20.4. The molecular weight excluding hydrogens is 600 g/mol. The molecule has 1 heterocycles. The average Bonchev–Trinajstić information content (AvgIpc) is 3.15. The third kappa shape index (κ3) is 7.16. The summed E-state index contributed by atoms with van der Waals surface area (Å²) in [5.74, 6) is -1.66. The number of nitrogens with one attached hydrogen (secondary N) is 2. The van der Waals surface area contributed by atoms with Gasteiger partial charge in [-0.25, -0.2) is 22.3 Å². The Balaban J connectivity index is 1.80. The van der Waals surface area contributed by atoms with E-state index in [9.17, 15) is 22.8 Å². The van der Waals surface area contributed by atoms with Gasteiger partial charge in [0.1, 0.15) is 0 Å². The second-order valence-corrected chi connectivity index (χ2v) is 17.0. The van der Waals surface area contributed by atoms with Crippen LogP contribution in [0.25, 0.3) is 0 Å². The number of carbonyl (C=O) groups excluding carboxylic acids is 3. The molecule has 1 aromatic carbocycles. The number of urea groups is 2. The maximum absolute atomic E-state index is 13.7. The molecule has 1 fully saturated rings. The molecule has 258 valence electrons. The number of aryl methyl sites for hydroxylation is 2. The first kappa shape index (κ1) is 33.0. The third-order valence-corrected chi connectivity index (χ3v) is 12.5. The molecule has 2 aliphatic rings. The lowest BCUT2D eigenvalue weighted by Gasteiger charge is -2.54. The van der Waals surface area contributed by atoms with Gasteiger partial charge in [0, 0.05) is 26.1 Å². The van der Waals surface area contributed by atoms with Crippen molar-refractivity contribution >= 4 is 28.0 Å². The van der Waals surface area contributed by atoms with E-state index >= 15 is 0 Å². The number of sulfonamides is 1. The molecule has 2 N–H and O–H groups in total. The van der Waals surface area contributed by atoms with E-state index in [1.807, 2.05) is 27.7 Å². The van der Waals surface area contributed by atoms with E-state index < -0.39 is 45.9 Å². The average molecular weight is 662 g/mol. The van der Waals surface area contributed by atoms with Gasteiger partial charge in [0.2, 0.25) is 0 Å². The number of nitrogens with zero attached hydrogens (tertiary/aromatic N) is 2. The van der Waals surface area contributed by atoms with Crippen LogP contribution >= 0.6 is 0 Å². The fourth-order valence-electron chi connectivity index (χ4n) is 7.02. The summed E-state index contributed by atoms with van der Waals surface area (Å²) in [4.78, 5) is 40.8. The van der Waals surface area contributed by atoms with Crippen molar-refractivity contribution in [2.45, 2.75) is 119 Å². The Morgan fingerprint density at radius 2 is 1.67 bits per heavy atom. The fraction of sp³-hybridized carbons (Fsp3) is 0.694. The van der Waals surface area contributed by atoms with Crippen molar-refractivity contribution in [3.05, 3.63) is 40.0 Å². The van der Waals surface area contributed by atoms with Crippen molar-refractivity contribution in [1.82, 2.24) is 19.8 Å². The highest BCUT2D eigenvalue weighted by atomic mass is 32.2. The van der Waals surface area contributed by atoms with Crippen molar-refractivity contribution in [2.24, 2.45) is 29.1 Å². The number of carbonyl (C=O) groups is 3. The molecule has 0 radical (unpaired) electrons.